The number of furan rings is 1. The third-order valence-corrected chi connectivity index (χ3v) is 6.14. The quantitative estimate of drug-likeness (QED) is 0.532. The van der Waals surface area contributed by atoms with Gasteiger partial charge in [0.25, 0.3) is 11.8 Å². The van der Waals surface area contributed by atoms with Crippen LogP contribution in [0.2, 0.25) is 0 Å². The van der Waals surface area contributed by atoms with E-state index in [9.17, 15) is 14.4 Å². The molecule has 35 heavy (non-hydrogen) atoms. The lowest BCUT2D eigenvalue weighted by molar-refractivity contribution is -0.138. The van der Waals surface area contributed by atoms with Crippen molar-refractivity contribution in [2.75, 3.05) is 13.7 Å². The summed E-state index contributed by atoms with van der Waals surface area (Å²) in [6.07, 6.45) is 2.33. The number of urea groups is 1. The summed E-state index contributed by atoms with van der Waals surface area (Å²) < 4.78 is 10.8. The van der Waals surface area contributed by atoms with E-state index in [-0.39, 0.29) is 0 Å². The normalized spacial score (nSPS) is 19.6. The summed E-state index contributed by atoms with van der Waals surface area (Å²) in [4.78, 5) is 39.8. The number of hydrogen-bond acceptors (Lipinski definition) is 6. The number of carbonyl (C=O) groups is 3. The lowest BCUT2D eigenvalue weighted by Crippen LogP contribution is -2.41. The summed E-state index contributed by atoms with van der Waals surface area (Å²) in [7, 11) is 1.59. The topological polar surface area (TPSA) is 104 Å². The molecular formula is C26H24N4O5. The Balaban J connectivity index is 1.34. The molecule has 0 spiro atoms. The predicted molar refractivity (Wildman–Crippen MR) is 127 cm³/mol. The summed E-state index contributed by atoms with van der Waals surface area (Å²) >= 11 is 0. The minimum absolute atomic E-state index is 0.356. The second-order valence-corrected chi connectivity index (χ2v) is 8.37. The van der Waals surface area contributed by atoms with Crippen LogP contribution in [0.5, 0.6) is 5.75 Å². The zero-order valence-corrected chi connectivity index (χ0v) is 19.1. The molecule has 0 radical (unpaired) electrons. The first kappa shape index (κ1) is 22.4. The summed E-state index contributed by atoms with van der Waals surface area (Å²) in [5.74, 6) is 0.385. The van der Waals surface area contributed by atoms with Gasteiger partial charge in [-0.25, -0.2) is 9.80 Å². The molecule has 2 aromatic carbocycles. The maximum atomic E-state index is 13.3. The van der Waals surface area contributed by atoms with Crippen LogP contribution in [0, 0.1) is 0 Å². The van der Waals surface area contributed by atoms with E-state index >= 15 is 0 Å². The maximum absolute atomic E-state index is 13.3. The number of hydrazone groups is 1. The molecule has 1 fully saturated rings. The van der Waals surface area contributed by atoms with Gasteiger partial charge in [0.2, 0.25) is 0 Å². The standard InChI is InChI=1S/C26H24N4O5/c1-34-19-11-9-18(10-12-19)20-15-22(23-8-5-13-35-23)30(28-20)24(31)16-29-25(32)21(27-26(29)33)14-17-6-3-2-4-7-17/h2-13,21-22H,14-16H2,1H3,(H,27,33)/t21-,22+/m0/s1. The number of imide groups is 1. The number of nitrogens with zero attached hydrogens (tertiary/aromatic N) is 3. The Morgan fingerprint density at radius 3 is 2.54 bits per heavy atom. The van der Waals surface area contributed by atoms with Gasteiger partial charge in [-0.15, -0.1) is 0 Å². The van der Waals surface area contributed by atoms with Gasteiger partial charge in [-0.2, -0.15) is 5.10 Å². The van der Waals surface area contributed by atoms with E-state index in [0.717, 1.165) is 16.0 Å². The SMILES string of the molecule is COc1ccc(C2=NN(C(=O)CN3C(=O)N[C@@H](Cc4ccccc4)C3=O)[C@@H](c3ccco3)C2)cc1. The van der Waals surface area contributed by atoms with Crippen molar-refractivity contribution < 1.29 is 23.5 Å². The van der Waals surface area contributed by atoms with Gasteiger partial charge in [0.05, 0.1) is 19.1 Å². The largest absolute Gasteiger partial charge is 0.497 e. The molecule has 4 amide bonds. The van der Waals surface area contributed by atoms with Gasteiger partial charge in [0.1, 0.15) is 30.1 Å². The van der Waals surface area contributed by atoms with Crippen LogP contribution in [0.3, 0.4) is 0 Å². The molecule has 1 N–H and O–H groups in total. The van der Waals surface area contributed by atoms with Crippen molar-refractivity contribution >= 4 is 23.6 Å². The van der Waals surface area contributed by atoms with E-state index in [0.29, 0.717) is 30.1 Å². The molecule has 2 aliphatic rings. The molecule has 3 aromatic rings. The number of amides is 4. The van der Waals surface area contributed by atoms with E-state index in [1.54, 1.807) is 19.2 Å². The van der Waals surface area contributed by atoms with Gasteiger partial charge < -0.3 is 14.5 Å². The van der Waals surface area contributed by atoms with E-state index < -0.39 is 36.5 Å². The average Bonchev–Trinajstić information content (AvgIpc) is 3.62. The number of methoxy groups -OCH3 is 1. The fraction of sp³-hybridized carbons (Fsp3) is 0.231. The molecule has 9 nitrogen and oxygen atoms in total. The first-order valence-electron chi connectivity index (χ1n) is 11.3. The molecule has 178 valence electrons. The molecule has 1 aromatic heterocycles. The van der Waals surface area contributed by atoms with Gasteiger partial charge in [-0.05, 0) is 47.5 Å². The highest BCUT2D eigenvalue weighted by atomic mass is 16.5. The lowest BCUT2D eigenvalue weighted by atomic mass is 10.0. The molecule has 2 atom stereocenters. The highest BCUT2D eigenvalue weighted by molar-refractivity contribution is 6.07. The predicted octanol–water partition coefficient (Wildman–Crippen LogP) is 3.13. The summed E-state index contributed by atoms with van der Waals surface area (Å²) in [5.41, 5.74) is 2.46. The van der Waals surface area contributed by atoms with E-state index in [1.165, 1.54) is 11.3 Å². The Morgan fingerprint density at radius 2 is 1.86 bits per heavy atom. The smallest absolute Gasteiger partial charge is 0.325 e. The highest BCUT2D eigenvalue weighted by Gasteiger charge is 2.42. The van der Waals surface area contributed by atoms with Crippen molar-refractivity contribution in [3.05, 3.63) is 89.9 Å². The van der Waals surface area contributed by atoms with Crippen molar-refractivity contribution in [2.24, 2.45) is 5.10 Å². The van der Waals surface area contributed by atoms with Crippen LogP contribution < -0.4 is 10.1 Å². The number of carbonyl (C=O) groups excluding carboxylic acids is 3. The Morgan fingerprint density at radius 1 is 1.09 bits per heavy atom. The number of benzene rings is 2. The molecule has 5 rings (SSSR count). The maximum Gasteiger partial charge on any atom is 0.325 e. The van der Waals surface area contributed by atoms with Crippen LogP contribution in [-0.2, 0) is 16.0 Å². The van der Waals surface area contributed by atoms with Crippen molar-refractivity contribution in [3.63, 3.8) is 0 Å². The molecule has 9 heteroatoms. The number of nitrogens with one attached hydrogen (secondary N) is 1. The number of ether oxygens (including phenoxy) is 1. The zero-order chi connectivity index (χ0) is 24.4. The van der Waals surface area contributed by atoms with Crippen molar-refractivity contribution in [1.82, 2.24) is 15.2 Å². The van der Waals surface area contributed by atoms with Crippen LogP contribution >= 0.6 is 0 Å². The summed E-state index contributed by atoms with van der Waals surface area (Å²) in [5, 5.41) is 8.55. The van der Waals surface area contributed by atoms with Crippen LogP contribution in [0.1, 0.15) is 29.3 Å². The monoisotopic (exact) mass is 472 g/mol. The third-order valence-electron chi connectivity index (χ3n) is 6.14. The Hall–Kier alpha value is -4.40. The minimum Gasteiger partial charge on any atom is -0.497 e. The molecule has 2 aliphatic heterocycles. The summed E-state index contributed by atoms with van der Waals surface area (Å²) in [6.45, 7) is -0.410. The van der Waals surface area contributed by atoms with Crippen molar-refractivity contribution in [2.45, 2.75) is 24.9 Å². The number of rotatable bonds is 7. The second-order valence-electron chi connectivity index (χ2n) is 8.37. The first-order valence-corrected chi connectivity index (χ1v) is 11.3. The van der Waals surface area contributed by atoms with Crippen LogP contribution in [0.15, 0.2) is 82.5 Å². The van der Waals surface area contributed by atoms with Crippen molar-refractivity contribution in [1.29, 1.82) is 0 Å². The van der Waals surface area contributed by atoms with Gasteiger partial charge in [-0.3, -0.25) is 14.5 Å². The van der Waals surface area contributed by atoms with E-state index in [2.05, 4.69) is 10.4 Å². The Labute approximate surface area is 202 Å². The van der Waals surface area contributed by atoms with Gasteiger partial charge in [-0.1, -0.05) is 30.3 Å². The van der Waals surface area contributed by atoms with E-state index in [1.807, 2.05) is 54.6 Å². The fourth-order valence-corrected chi connectivity index (χ4v) is 4.32. The van der Waals surface area contributed by atoms with Crippen LogP contribution in [-0.4, -0.2) is 53.2 Å². The first-order chi connectivity index (χ1) is 17.0. The molecule has 3 heterocycles. The molecule has 0 aliphatic carbocycles. The van der Waals surface area contributed by atoms with Crippen molar-refractivity contribution in [3.8, 4) is 5.75 Å². The average molecular weight is 473 g/mol. The third kappa shape index (κ3) is 4.52. The molecule has 0 unspecified atom stereocenters. The molecule has 0 saturated carbocycles. The van der Waals surface area contributed by atoms with Gasteiger partial charge in [0.15, 0.2) is 0 Å². The molecule has 1 saturated heterocycles. The Kier molecular flexibility index (Phi) is 6.05. The second kappa shape index (κ2) is 9.46. The lowest BCUT2D eigenvalue weighted by Gasteiger charge is -2.22. The van der Waals surface area contributed by atoms with Crippen LogP contribution in [0.4, 0.5) is 4.79 Å². The van der Waals surface area contributed by atoms with Gasteiger partial charge >= 0.3 is 6.03 Å². The summed E-state index contributed by atoms with van der Waals surface area (Å²) in [6, 6.07) is 18.6. The van der Waals surface area contributed by atoms with Crippen LogP contribution in [0.25, 0.3) is 0 Å². The van der Waals surface area contributed by atoms with Gasteiger partial charge in [0, 0.05) is 12.8 Å². The van der Waals surface area contributed by atoms with E-state index in [4.69, 9.17) is 9.15 Å². The molecular weight excluding hydrogens is 448 g/mol. The Bertz CT molecular complexity index is 1250. The zero-order valence-electron chi connectivity index (χ0n) is 19.1. The number of hydrogen-bond donors (Lipinski definition) is 1. The highest BCUT2D eigenvalue weighted by Crippen LogP contribution is 2.33. The molecule has 0 bridgehead atoms. The fourth-order valence-electron chi connectivity index (χ4n) is 4.32. The minimum atomic E-state index is -0.712.